The van der Waals surface area contributed by atoms with Gasteiger partial charge in [-0.3, -0.25) is 0 Å². The lowest BCUT2D eigenvalue weighted by atomic mass is 9.99. The molecule has 22 heavy (non-hydrogen) atoms. The normalized spacial score (nSPS) is 12.0. The third-order valence-corrected chi connectivity index (χ3v) is 4.23. The summed E-state index contributed by atoms with van der Waals surface area (Å²) in [6.07, 6.45) is 0. The van der Waals surface area contributed by atoms with Crippen LogP contribution in [0.4, 0.5) is 11.4 Å². The van der Waals surface area contributed by atoms with Crippen molar-refractivity contribution >= 4 is 22.3 Å². The van der Waals surface area contributed by atoms with Crippen molar-refractivity contribution in [3.63, 3.8) is 0 Å². The van der Waals surface area contributed by atoms with Gasteiger partial charge in [0, 0.05) is 33.5 Å². The molecule has 5 rings (SSSR count). The molecule has 0 spiro atoms. The van der Waals surface area contributed by atoms with Crippen LogP contribution in [-0.4, -0.2) is 0 Å². The average Bonchev–Trinajstić information content (AvgIpc) is 2.89. The van der Waals surface area contributed by atoms with Gasteiger partial charge in [-0.05, 0) is 24.3 Å². The number of furan rings is 1. The Labute approximate surface area is 128 Å². The first-order chi connectivity index (χ1) is 10.9. The monoisotopic (exact) mass is 283 g/mol. The highest BCUT2D eigenvalue weighted by atomic mass is 16.3. The predicted molar refractivity (Wildman–Crippen MR) is 90.4 cm³/mol. The number of benzene rings is 3. The molecule has 0 fully saturated rings. The molecule has 0 atom stereocenters. The minimum atomic E-state index is 0.930. The molecular weight excluding hydrogens is 270 g/mol. The lowest BCUT2D eigenvalue weighted by Crippen LogP contribution is -1.91. The van der Waals surface area contributed by atoms with Crippen LogP contribution in [0.15, 0.2) is 77.2 Å². The Kier molecular flexibility index (Phi) is 2.25. The summed E-state index contributed by atoms with van der Waals surface area (Å²) in [5.74, 6) is 0.939. The first-order valence-electron chi connectivity index (χ1n) is 7.39. The molecule has 0 saturated carbocycles. The van der Waals surface area contributed by atoms with Crippen LogP contribution in [0.3, 0.4) is 0 Å². The maximum absolute atomic E-state index is 6.21. The van der Waals surface area contributed by atoms with E-state index in [1.807, 2.05) is 24.3 Å². The number of para-hydroxylation sites is 3. The van der Waals surface area contributed by atoms with Crippen molar-refractivity contribution in [1.82, 2.24) is 0 Å². The summed E-state index contributed by atoms with van der Waals surface area (Å²) in [6, 6.07) is 24.9. The van der Waals surface area contributed by atoms with Gasteiger partial charge in [0.2, 0.25) is 0 Å². The molecule has 0 unspecified atom stereocenters. The Hall–Kier alpha value is -3.00. The average molecular weight is 283 g/mol. The predicted octanol–water partition coefficient (Wildman–Crippen LogP) is 5.82. The zero-order valence-corrected chi connectivity index (χ0v) is 11.8. The third kappa shape index (κ3) is 1.49. The van der Waals surface area contributed by atoms with E-state index in [0.29, 0.717) is 0 Å². The van der Waals surface area contributed by atoms with Gasteiger partial charge >= 0.3 is 0 Å². The molecule has 1 aliphatic heterocycles. The molecular formula is C20H13NO. The molecule has 0 bridgehead atoms. The molecule has 3 aromatic carbocycles. The van der Waals surface area contributed by atoms with Gasteiger partial charge in [0.15, 0.2) is 0 Å². The molecule has 1 aliphatic rings. The fraction of sp³-hybridized carbons (Fsp3) is 0. The largest absolute Gasteiger partial charge is 0.455 e. The van der Waals surface area contributed by atoms with Crippen molar-refractivity contribution in [1.29, 1.82) is 0 Å². The number of hydrogen-bond donors (Lipinski definition) is 1. The van der Waals surface area contributed by atoms with Crippen molar-refractivity contribution < 1.29 is 4.42 Å². The third-order valence-electron chi connectivity index (χ3n) is 4.23. The zero-order valence-electron chi connectivity index (χ0n) is 11.8. The van der Waals surface area contributed by atoms with E-state index in [-0.39, 0.29) is 0 Å². The minimum absolute atomic E-state index is 0.930. The standard InChI is InChI=1S/C20H13NO/c1-4-10-16-13(7-1)19-15-9-3-6-12-18(15)22-20(19)14-8-2-5-11-17(14)21-16/h1-12,21H. The van der Waals surface area contributed by atoms with E-state index in [2.05, 4.69) is 53.8 Å². The minimum Gasteiger partial charge on any atom is -0.455 e. The van der Waals surface area contributed by atoms with Crippen LogP contribution >= 0.6 is 0 Å². The lowest BCUT2D eigenvalue weighted by Gasteiger charge is -2.09. The van der Waals surface area contributed by atoms with E-state index in [9.17, 15) is 0 Å². The van der Waals surface area contributed by atoms with Crippen LogP contribution in [0.25, 0.3) is 33.4 Å². The fourth-order valence-electron chi connectivity index (χ4n) is 3.25. The van der Waals surface area contributed by atoms with Crippen LogP contribution in [0.1, 0.15) is 0 Å². The van der Waals surface area contributed by atoms with Crippen molar-refractivity contribution in [2.45, 2.75) is 0 Å². The van der Waals surface area contributed by atoms with Crippen LogP contribution in [0.2, 0.25) is 0 Å². The van der Waals surface area contributed by atoms with E-state index in [1.54, 1.807) is 0 Å². The smallest absolute Gasteiger partial charge is 0.145 e. The van der Waals surface area contributed by atoms with E-state index in [0.717, 1.165) is 33.7 Å². The number of fused-ring (bicyclic) bond motifs is 7. The number of nitrogens with one attached hydrogen (secondary N) is 1. The quantitative estimate of drug-likeness (QED) is 0.387. The molecule has 1 N–H and O–H groups in total. The summed E-state index contributed by atoms with van der Waals surface area (Å²) in [5.41, 5.74) is 6.57. The van der Waals surface area contributed by atoms with Crippen LogP contribution < -0.4 is 5.32 Å². The molecule has 4 aromatic rings. The maximum Gasteiger partial charge on any atom is 0.145 e. The van der Waals surface area contributed by atoms with Gasteiger partial charge < -0.3 is 9.73 Å². The molecule has 2 nitrogen and oxygen atoms in total. The molecule has 0 radical (unpaired) electrons. The van der Waals surface area contributed by atoms with Gasteiger partial charge in [0.05, 0.1) is 0 Å². The second-order valence-electron chi connectivity index (χ2n) is 5.52. The van der Waals surface area contributed by atoms with Crippen LogP contribution in [0.5, 0.6) is 0 Å². The number of hydrogen-bond acceptors (Lipinski definition) is 2. The highest BCUT2D eigenvalue weighted by molar-refractivity contribution is 6.08. The van der Waals surface area contributed by atoms with Crippen LogP contribution in [-0.2, 0) is 0 Å². The second-order valence-corrected chi connectivity index (χ2v) is 5.52. The highest BCUT2D eigenvalue weighted by Crippen LogP contribution is 2.48. The summed E-state index contributed by atoms with van der Waals surface area (Å²) >= 11 is 0. The Morgan fingerprint density at radius 2 is 1.27 bits per heavy atom. The lowest BCUT2D eigenvalue weighted by molar-refractivity contribution is 0.633. The summed E-state index contributed by atoms with van der Waals surface area (Å²) in [7, 11) is 0. The van der Waals surface area contributed by atoms with E-state index < -0.39 is 0 Å². The SMILES string of the molecule is c1ccc2c(c1)Nc1ccccc1-c1c-2oc2ccccc12. The van der Waals surface area contributed by atoms with Gasteiger partial charge in [0.25, 0.3) is 0 Å². The van der Waals surface area contributed by atoms with Crippen molar-refractivity contribution in [3.05, 3.63) is 72.8 Å². The van der Waals surface area contributed by atoms with E-state index in [4.69, 9.17) is 4.42 Å². The molecule has 2 heteroatoms. The first-order valence-corrected chi connectivity index (χ1v) is 7.39. The summed E-state index contributed by atoms with van der Waals surface area (Å²) < 4.78 is 6.21. The van der Waals surface area contributed by atoms with Gasteiger partial charge in [-0.2, -0.15) is 0 Å². The fourth-order valence-corrected chi connectivity index (χ4v) is 3.25. The Bertz CT molecular complexity index is 1010. The topological polar surface area (TPSA) is 25.2 Å². The maximum atomic E-state index is 6.21. The second kappa shape index (κ2) is 4.25. The molecule has 2 heterocycles. The van der Waals surface area contributed by atoms with Gasteiger partial charge in [-0.25, -0.2) is 0 Å². The van der Waals surface area contributed by atoms with Gasteiger partial charge in [-0.1, -0.05) is 48.5 Å². The Morgan fingerprint density at radius 1 is 0.636 bits per heavy atom. The van der Waals surface area contributed by atoms with E-state index in [1.165, 1.54) is 11.1 Å². The van der Waals surface area contributed by atoms with Gasteiger partial charge in [0.1, 0.15) is 11.3 Å². The molecule has 0 aliphatic carbocycles. The molecule has 0 amide bonds. The Balaban J connectivity index is 2.00. The summed E-state index contributed by atoms with van der Waals surface area (Å²) in [4.78, 5) is 0. The number of anilines is 2. The molecule has 0 saturated heterocycles. The van der Waals surface area contributed by atoms with Crippen molar-refractivity contribution in [2.24, 2.45) is 0 Å². The van der Waals surface area contributed by atoms with Crippen LogP contribution in [0, 0.1) is 0 Å². The summed E-state index contributed by atoms with van der Waals surface area (Å²) in [5, 5.41) is 4.70. The first kappa shape index (κ1) is 11.6. The molecule has 104 valence electrons. The van der Waals surface area contributed by atoms with Crippen molar-refractivity contribution in [2.75, 3.05) is 5.32 Å². The number of rotatable bonds is 0. The van der Waals surface area contributed by atoms with E-state index >= 15 is 0 Å². The molecule has 1 aromatic heterocycles. The Morgan fingerprint density at radius 3 is 2.14 bits per heavy atom. The van der Waals surface area contributed by atoms with Crippen molar-refractivity contribution in [3.8, 4) is 22.5 Å². The van der Waals surface area contributed by atoms with Gasteiger partial charge in [-0.15, -0.1) is 0 Å². The highest BCUT2D eigenvalue weighted by Gasteiger charge is 2.24. The summed E-state index contributed by atoms with van der Waals surface area (Å²) in [6.45, 7) is 0. The zero-order chi connectivity index (χ0) is 14.5.